The number of hydrogen-bond acceptors (Lipinski definition) is 4. The predicted octanol–water partition coefficient (Wildman–Crippen LogP) is 2.77. The summed E-state index contributed by atoms with van der Waals surface area (Å²) in [6.07, 6.45) is 6.95. The fourth-order valence-electron chi connectivity index (χ4n) is 2.12. The minimum absolute atomic E-state index is 0.575. The molecular weight excluding hydrogens is 236 g/mol. The Balaban J connectivity index is 1.86. The van der Waals surface area contributed by atoms with E-state index in [2.05, 4.69) is 28.3 Å². The van der Waals surface area contributed by atoms with Crippen molar-refractivity contribution < 1.29 is 0 Å². The molecule has 0 amide bonds. The second kappa shape index (κ2) is 5.34. The van der Waals surface area contributed by atoms with Gasteiger partial charge in [0.15, 0.2) is 0 Å². The van der Waals surface area contributed by atoms with E-state index in [1.54, 1.807) is 6.20 Å². The molecule has 2 aromatic rings. The first-order valence-corrected chi connectivity index (χ1v) is 6.86. The Morgan fingerprint density at radius 1 is 1.32 bits per heavy atom. The number of nitrogens with zero attached hydrogens (tertiary/aromatic N) is 3. The maximum atomic E-state index is 4.69. The van der Waals surface area contributed by atoms with Crippen LogP contribution in [0.4, 0.5) is 5.82 Å². The zero-order chi connectivity index (χ0) is 13.1. The number of nitrogens with one attached hydrogen (secondary N) is 1. The highest BCUT2D eigenvalue weighted by molar-refractivity contribution is 5.38. The van der Waals surface area contributed by atoms with Gasteiger partial charge in [-0.05, 0) is 31.4 Å². The van der Waals surface area contributed by atoms with Gasteiger partial charge in [-0.1, -0.05) is 6.07 Å². The normalized spacial score (nSPS) is 14.4. The fraction of sp³-hybridized carbons (Fsp3) is 0.400. The monoisotopic (exact) mass is 254 g/mol. The molecule has 19 heavy (non-hydrogen) atoms. The lowest BCUT2D eigenvalue weighted by Crippen LogP contribution is -2.06. The molecule has 3 rings (SSSR count). The molecule has 98 valence electrons. The van der Waals surface area contributed by atoms with E-state index in [4.69, 9.17) is 4.98 Å². The summed E-state index contributed by atoms with van der Waals surface area (Å²) >= 11 is 0. The van der Waals surface area contributed by atoms with Crippen molar-refractivity contribution in [2.75, 3.05) is 11.9 Å². The maximum absolute atomic E-state index is 4.69. The Morgan fingerprint density at radius 2 is 2.21 bits per heavy atom. The lowest BCUT2D eigenvalue weighted by molar-refractivity contribution is 0.884. The smallest absolute Gasteiger partial charge is 0.134 e. The summed E-state index contributed by atoms with van der Waals surface area (Å²) in [7, 11) is 0. The maximum Gasteiger partial charge on any atom is 0.134 e. The molecule has 4 nitrogen and oxygen atoms in total. The van der Waals surface area contributed by atoms with Gasteiger partial charge in [0.2, 0.25) is 0 Å². The van der Waals surface area contributed by atoms with Gasteiger partial charge in [-0.25, -0.2) is 9.97 Å². The van der Waals surface area contributed by atoms with E-state index >= 15 is 0 Å². The van der Waals surface area contributed by atoms with Crippen molar-refractivity contribution in [3.05, 3.63) is 47.7 Å². The van der Waals surface area contributed by atoms with E-state index in [9.17, 15) is 0 Å². The highest BCUT2D eigenvalue weighted by atomic mass is 15.0. The highest BCUT2D eigenvalue weighted by Gasteiger charge is 2.27. The topological polar surface area (TPSA) is 50.7 Å². The van der Waals surface area contributed by atoms with Gasteiger partial charge < -0.3 is 5.32 Å². The molecule has 0 radical (unpaired) electrons. The Morgan fingerprint density at radius 3 is 2.89 bits per heavy atom. The molecule has 0 aliphatic heterocycles. The summed E-state index contributed by atoms with van der Waals surface area (Å²) in [6.45, 7) is 2.97. The minimum Gasteiger partial charge on any atom is -0.370 e. The highest BCUT2D eigenvalue weighted by Crippen LogP contribution is 2.38. The molecule has 1 fully saturated rings. The zero-order valence-electron chi connectivity index (χ0n) is 11.1. The van der Waals surface area contributed by atoms with Crippen LogP contribution in [0.25, 0.3) is 0 Å². The average molecular weight is 254 g/mol. The van der Waals surface area contributed by atoms with E-state index in [0.717, 1.165) is 30.3 Å². The molecule has 1 aliphatic rings. The number of pyridine rings is 1. The van der Waals surface area contributed by atoms with Gasteiger partial charge in [-0.15, -0.1) is 0 Å². The van der Waals surface area contributed by atoms with Crippen LogP contribution in [0.2, 0.25) is 0 Å². The number of hydrogen-bond donors (Lipinski definition) is 1. The third kappa shape index (κ3) is 3.08. The summed E-state index contributed by atoms with van der Waals surface area (Å²) in [4.78, 5) is 13.4. The van der Waals surface area contributed by atoms with Crippen molar-refractivity contribution in [2.24, 2.45) is 0 Å². The molecule has 4 heteroatoms. The molecule has 0 saturated heterocycles. The van der Waals surface area contributed by atoms with Crippen molar-refractivity contribution in [3.63, 3.8) is 0 Å². The Bertz CT molecular complexity index is 549. The molecule has 0 bridgehead atoms. The third-order valence-corrected chi connectivity index (χ3v) is 3.20. The van der Waals surface area contributed by atoms with Crippen LogP contribution in [0.1, 0.15) is 42.8 Å². The fourth-order valence-corrected chi connectivity index (χ4v) is 2.12. The summed E-state index contributed by atoms with van der Waals surface area (Å²) in [5.74, 6) is 2.52. The molecule has 0 aromatic carbocycles. The summed E-state index contributed by atoms with van der Waals surface area (Å²) in [5, 5.41) is 3.29. The number of rotatable bonds is 5. The standard InChI is InChI=1S/C15H18N4/c1-2-17-14-9-13(8-11-4-3-7-16-10-11)18-15(19-14)12-5-6-12/h3-4,7,9-10,12H,2,5-6,8H2,1H3,(H,17,18,19). The molecule has 1 aliphatic carbocycles. The first-order valence-electron chi connectivity index (χ1n) is 6.86. The molecule has 0 atom stereocenters. The molecular formula is C15H18N4. The first-order chi connectivity index (χ1) is 9.35. The van der Waals surface area contributed by atoms with Crippen molar-refractivity contribution >= 4 is 5.82 Å². The molecule has 2 heterocycles. The second-order valence-corrected chi connectivity index (χ2v) is 4.95. The Kier molecular flexibility index (Phi) is 3.40. The van der Waals surface area contributed by atoms with Crippen LogP contribution in [-0.4, -0.2) is 21.5 Å². The van der Waals surface area contributed by atoms with Crippen molar-refractivity contribution in [3.8, 4) is 0 Å². The lowest BCUT2D eigenvalue weighted by Gasteiger charge is -2.08. The van der Waals surface area contributed by atoms with Gasteiger partial charge in [0.1, 0.15) is 11.6 Å². The third-order valence-electron chi connectivity index (χ3n) is 3.20. The van der Waals surface area contributed by atoms with Gasteiger partial charge in [0.25, 0.3) is 0 Å². The van der Waals surface area contributed by atoms with Crippen LogP contribution in [0, 0.1) is 0 Å². The summed E-state index contributed by atoms with van der Waals surface area (Å²) in [5.41, 5.74) is 2.26. The van der Waals surface area contributed by atoms with Gasteiger partial charge in [-0.2, -0.15) is 0 Å². The van der Waals surface area contributed by atoms with Crippen molar-refractivity contribution in [1.29, 1.82) is 0 Å². The number of anilines is 1. The van der Waals surface area contributed by atoms with Crippen LogP contribution >= 0.6 is 0 Å². The zero-order valence-corrected chi connectivity index (χ0v) is 11.1. The van der Waals surface area contributed by atoms with Crippen LogP contribution in [0.15, 0.2) is 30.6 Å². The summed E-state index contributed by atoms with van der Waals surface area (Å²) < 4.78 is 0. The summed E-state index contributed by atoms with van der Waals surface area (Å²) in [6, 6.07) is 6.09. The largest absolute Gasteiger partial charge is 0.370 e. The predicted molar refractivity (Wildman–Crippen MR) is 75.2 cm³/mol. The van der Waals surface area contributed by atoms with Crippen LogP contribution in [0.5, 0.6) is 0 Å². The average Bonchev–Trinajstić information content (AvgIpc) is 3.24. The van der Waals surface area contributed by atoms with Gasteiger partial charge in [0.05, 0.1) is 5.69 Å². The first kappa shape index (κ1) is 12.1. The van der Waals surface area contributed by atoms with Crippen LogP contribution < -0.4 is 5.32 Å². The Hall–Kier alpha value is -1.97. The SMILES string of the molecule is CCNc1cc(Cc2cccnc2)nc(C2CC2)n1. The van der Waals surface area contributed by atoms with Gasteiger partial charge >= 0.3 is 0 Å². The van der Waals surface area contributed by atoms with E-state index in [0.29, 0.717) is 5.92 Å². The van der Waals surface area contributed by atoms with E-state index in [1.165, 1.54) is 18.4 Å². The number of aromatic nitrogens is 3. The molecule has 1 N–H and O–H groups in total. The van der Waals surface area contributed by atoms with Gasteiger partial charge in [0, 0.05) is 37.3 Å². The van der Waals surface area contributed by atoms with E-state index in [-0.39, 0.29) is 0 Å². The van der Waals surface area contributed by atoms with E-state index < -0.39 is 0 Å². The Labute approximate surface area is 113 Å². The van der Waals surface area contributed by atoms with Gasteiger partial charge in [-0.3, -0.25) is 4.98 Å². The second-order valence-electron chi connectivity index (χ2n) is 4.95. The molecule has 2 aromatic heterocycles. The molecule has 0 unspecified atom stereocenters. The van der Waals surface area contributed by atoms with Crippen LogP contribution in [0.3, 0.4) is 0 Å². The van der Waals surface area contributed by atoms with E-state index in [1.807, 2.05) is 18.3 Å². The van der Waals surface area contributed by atoms with Crippen molar-refractivity contribution in [1.82, 2.24) is 15.0 Å². The molecule has 1 saturated carbocycles. The van der Waals surface area contributed by atoms with Crippen LogP contribution in [-0.2, 0) is 6.42 Å². The van der Waals surface area contributed by atoms with Crippen molar-refractivity contribution in [2.45, 2.75) is 32.1 Å². The molecule has 0 spiro atoms. The lowest BCUT2D eigenvalue weighted by atomic mass is 10.1. The quantitative estimate of drug-likeness (QED) is 0.891. The minimum atomic E-state index is 0.575.